The van der Waals surface area contributed by atoms with Crippen molar-refractivity contribution in [2.45, 2.75) is 13.5 Å². The van der Waals surface area contributed by atoms with E-state index < -0.39 is 5.97 Å². The first-order valence-corrected chi connectivity index (χ1v) is 7.37. The van der Waals surface area contributed by atoms with E-state index in [1.807, 2.05) is 43.5 Å². The summed E-state index contributed by atoms with van der Waals surface area (Å²) in [6, 6.07) is 11.0. The number of carboxylic acids is 1. The summed E-state index contributed by atoms with van der Waals surface area (Å²) in [5.74, 6) is -0.909. The molecule has 3 rings (SSSR count). The number of thiazole rings is 1. The van der Waals surface area contributed by atoms with Gasteiger partial charge in [-0.05, 0) is 24.4 Å². The number of fused-ring (bicyclic) bond motifs is 1. The van der Waals surface area contributed by atoms with E-state index in [0.717, 1.165) is 21.5 Å². The van der Waals surface area contributed by atoms with Crippen LogP contribution in [-0.2, 0) is 6.54 Å². The number of benzene rings is 2. The number of hydrogen-bond donors (Lipinski definition) is 2. The summed E-state index contributed by atoms with van der Waals surface area (Å²) in [4.78, 5) is 16.8. The van der Waals surface area contributed by atoms with Gasteiger partial charge in [0.05, 0.1) is 12.1 Å². The molecule has 3 aromatic rings. The van der Waals surface area contributed by atoms with Crippen LogP contribution in [0.5, 0.6) is 0 Å². The standard InChI is InChI=1S/C16H14N2O2S/c1-10-8-18-15(21-10)9-17-14-7-6-13(16(19)20)11-4-2-3-5-12(11)14/h2-8,17H,9H2,1H3,(H,19,20). The number of aryl methyl sites for hydroxylation is 1. The van der Waals surface area contributed by atoms with Gasteiger partial charge in [0.2, 0.25) is 0 Å². The van der Waals surface area contributed by atoms with Gasteiger partial charge in [-0.15, -0.1) is 11.3 Å². The van der Waals surface area contributed by atoms with Crippen LogP contribution in [0.1, 0.15) is 20.2 Å². The number of hydrogen-bond acceptors (Lipinski definition) is 4. The summed E-state index contributed by atoms with van der Waals surface area (Å²) in [6.45, 7) is 2.66. The minimum Gasteiger partial charge on any atom is -0.478 e. The maximum absolute atomic E-state index is 11.3. The molecule has 0 saturated carbocycles. The van der Waals surface area contributed by atoms with E-state index in [1.54, 1.807) is 17.4 Å². The molecule has 0 aliphatic carbocycles. The molecule has 0 saturated heterocycles. The Kier molecular flexibility index (Phi) is 3.58. The smallest absolute Gasteiger partial charge is 0.336 e. The molecule has 2 N–H and O–H groups in total. The van der Waals surface area contributed by atoms with Crippen LogP contribution in [0.2, 0.25) is 0 Å². The summed E-state index contributed by atoms with van der Waals surface area (Å²) in [6.07, 6.45) is 1.85. The molecular formula is C16H14N2O2S. The molecule has 4 nitrogen and oxygen atoms in total. The molecule has 0 spiro atoms. The van der Waals surface area contributed by atoms with Gasteiger partial charge >= 0.3 is 5.97 Å². The van der Waals surface area contributed by atoms with E-state index in [9.17, 15) is 9.90 Å². The third-order valence-corrected chi connectivity index (χ3v) is 4.17. The Morgan fingerprint density at radius 1 is 1.24 bits per heavy atom. The van der Waals surface area contributed by atoms with Crippen LogP contribution >= 0.6 is 11.3 Å². The molecule has 0 radical (unpaired) electrons. The second-order valence-electron chi connectivity index (χ2n) is 4.73. The van der Waals surface area contributed by atoms with Crippen LogP contribution < -0.4 is 5.32 Å². The van der Waals surface area contributed by atoms with Gasteiger partial charge in [-0.25, -0.2) is 9.78 Å². The van der Waals surface area contributed by atoms with Crippen molar-refractivity contribution in [2.24, 2.45) is 0 Å². The first-order valence-electron chi connectivity index (χ1n) is 6.55. The Labute approximate surface area is 126 Å². The van der Waals surface area contributed by atoms with Gasteiger partial charge in [0, 0.05) is 22.1 Å². The minimum absolute atomic E-state index is 0.321. The fourth-order valence-electron chi connectivity index (χ4n) is 2.29. The molecule has 106 valence electrons. The molecule has 0 unspecified atom stereocenters. The highest BCUT2D eigenvalue weighted by atomic mass is 32.1. The van der Waals surface area contributed by atoms with Gasteiger partial charge in [-0.1, -0.05) is 24.3 Å². The molecule has 5 heteroatoms. The number of nitrogens with one attached hydrogen (secondary N) is 1. The maximum Gasteiger partial charge on any atom is 0.336 e. The number of rotatable bonds is 4. The minimum atomic E-state index is -0.909. The lowest BCUT2D eigenvalue weighted by Gasteiger charge is -2.10. The summed E-state index contributed by atoms with van der Waals surface area (Å²) in [5.41, 5.74) is 1.24. The van der Waals surface area contributed by atoms with Crippen LogP contribution in [0.25, 0.3) is 10.8 Å². The zero-order chi connectivity index (χ0) is 14.8. The highest BCUT2D eigenvalue weighted by Gasteiger charge is 2.11. The van der Waals surface area contributed by atoms with E-state index in [0.29, 0.717) is 12.1 Å². The highest BCUT2D eigenvalue weighted by molar-refractivity contribution is 7.11. The van der Waals surface area contributed by atoms with Crippen molar-refractivity contribution in [3.63, 3.8) is 0 Å². The van der Waals surface area contributed by atoms with Crippen molar-refractivity contribution in [3.8, 4) is 0 Å². The quantitative estimate of drug-likeness (QED) is 0.766. The number of aromatic nitrogens is 1. The molecule has 0 aliphatic heterocycles. The Morgan fingerprint density at radius 3 is 2.67 bits per heavy atom. The van der Waals surface area contributed by atoms with Gasteiger partial charge < -0.3 is 10.4 Å². The van der Waals surface area contributed by atoms with Crippen LogP contribution in [0.15, 0.2) is 42.6 Å². The normalized spacial score (nSPS) is 10.7. The highest BCUT2D eigenvalue weighted by Crippen LogP contribution is 2.27. The van der Waals surface area contributed by atoms with Crippen LogP contribution in [0, 0.1) is 6.92 Å². The zero-order valence-electron chi connectivity index (χ0n) is 11.5. The summed E-state index contributed by atoms with van der Waals surface area (Å²) in [7, 11) is 0. The molecule has 1 aromatic heterocycles. The number of nitrogens with zero attached hydrogens (tertiary/aromatic N) is 1. The van der Waals surface area contributed by atoms with Crippen molar-refractivity contribution in [2.75, 3.05) is 5.32 Å². The molecule has 0 amide bonds. The van der Waals surface area contributed by atoms with E-state index >= 15 is 0 Å². The monoisotopic (exact) mass is 298 g/mol. The number of carbonyl (C=O) groups is 1. The number of anilines is 1. The molecule has 2 aromatic carbocycles. The van der Waals surface area contributed by atoms with E-state index in [2.05, 4.69) is 10.3 Å². The Morgan fingerprint density at radius 2 is 2.00 bits per heavy atom. The summed E-state index contributed by atoms with van der Waals surface area (Å²) >= 11 is 1.65. The first kappa shape index (κ1) is 13.6. The molecule has 1 heterocycles. The van der Waals surface area contributed by atoms with Crippen molar-refractivity contribution in [1.29, 1.82) is 0 Å². The number of aromatic carboxylic acids is 1. The van der Waals surface area contributed by atoms with Crippen LogP contribution in [0.3, 0.4) is 0 Å². The molecule has 0 aliphatic rings. The zero-order valence-corrected chi connectivity index (χ0v) is 12.3. The third-order valence-electron chi connectivity index (χ3n) is 3.25. The molecule has 21 heavy (non-hydrogen) atoms. The van der Waals surface area contributed by atoms with Gasteiger partial charge in [-0.3, -0.25) is 0 Å². The lowest BCUT2D eigenvalue weighted by Crippen LogP contribution is -2.02. The van der Waals surface area contributed by atoms with Gasteiger partial charge in [0.1, 0.15) is 5.01 Å². The molecule has 0 fully saturated rings. The van der Waals surface area contributed by atoms with Crippen molar-refractivity contribution >= 4 is 33.8 Å². The molecule has 0 bridgehead atoms. The van der Waals surface area contributed by atoms with Gasteiger partial charge in [-0.2, -0.15) is 0 Å². The van der Waals surface area contributed by atoms with E-state index in [1.165, 1.54) is 4.88 Å². The fraction of sp³-hybridized carbons (Fsp3) is 0.125. The van der Waals surface area contributed by atoms with Crippen LogP contribution in [0.4, 0.5) is 5.69 Å². The predicted octanol–water partition coefficient (Wildman–Crippen LogP) is 3.92. The van der Waals surface area contributed by atoms with Crippen molar-refractivity contribution in [1.82, 2.24) is 4.98 Å². The van der Waals surface area contributed by atoms with Crippen LogP contribution in [-0.4, -0.2) is 16.1 Å². The SMILES string of the molecule is Cc1cnc(CNc2ccc(C(=O)O)c3ccccc23)s1. The summed E-state index contributed by atoms with van der Waals surface area (Å²) in [5, 5.41) is 15.3. The first-order chi connectivity index (χ1) is 10.1. The Hall–Kier alpha value is -2.40. The lowest BCUT2D eigenvalue weighted by molar-refractivity contribution is 0.0699. The summed E-state index contributed by atoms with van der Waals surface area (Å²) < 4.78 is 0. The Balaban J connectivity index is 1.96. The maximum atomic E-state index is 11.3. The second kappa shape index (κ2) is 5.54. The molecular weight excluding hydrogens is 284 g/mol. The Bertz CT molecular complexity index is 811. The predicted molar refractivity (Wildman–Crippen MR) is 85.1 cm³/mol. The van der Waals surface area contributed by atoms with E-state index in [-0.39, 0.29) is 0 Å². The van der Waals surface area contributed by atoms with Gasteiger partial charge in [0.15, 0.2) is 0 Å². The largest absolute Gasteiger partial charge is 0.478 e. The molecule has 0 atom stereocenters. The fourth-order valence-corrected chi connectivity index (χ4v) is 3.02. The van der Waals surface area contributed by atoms with Gasteiger partial charge in [0.25, 0.3) is 0 Å². The lowest BCUT2D eigenvalue weighted by atomic mass is 10.0. The van der Waals surface area contributed by atoms with Crippen molar-refractivity contribution < 1.29 is 9.90 Å². The third kappa shape index (κ3) is 2.73. The number of carboxylic acid groups (broad SMARTS) is 1. The van der Waals surface area contributed by atoms with E-state index in [4.69, 9.17) is 0 Å². The topological polar surface area (TPSA) is 62.2 Å². The van der Waals surface area contributed by atoms with Crippen molar-refractivity contribution in [3.05, 3.63) is 58.0 Å². The average molecular weight is 298 g/mol. The second-order valence-corrected chi connectivity index (χ2v) is 6.05. The average Bonchev–Trinajstić information content (AvgIpc) is 2.90.